The number of alkyl halides is 3. The number of carbonyl (C=O) groups excluding carboxylic acids is 2. The van der Waals surface area contributed by atoms with Crippen LogP contribution in [0.4, 0.5) is 19.0 Å². The number of halogens is 3. The number of rotatable bonds is 7. The topological polar surface area (TPSA) is 145 Å². The largest absolute Gasteiger partial charge is 0.493 e. The molecule has 0 aliphatic carbocycles. The van der Waals surface area contributed by atoms with Gasteiger partial charge in [-0.1, -0.05) is 6.07 Å². The van der Waals surface area contributed by atoms with Crippen LogP contribution < -0.4 is 31.4 Å². The Morgan fingerprint density at radius 2 is 1.86 bits per heavy atom. The van der Waals surface area contributed by atoms with Crippen molar-refractivity contribution in [2.75, 3.05) is 19.5 Å². The fraction of sp³-hybridized carbons (Fsp3) is 0.273. The van der Waals surface area contributed by atoms with Gasteiger partial charge in [-0.15, -0.1) is 0 Å². The van der Waals surface area contributed by atoms with Gasteiger partial charge < -0.3 is 24.5 Å². The number of nitrogens with one attached hydrogen (secondary N) is 3. The molecule has 4 rings (SSSR count). The summed E-state index contributed by atoms with van der Waals surface area (Å²) in [7, 11) is 2.87. The monoisotopic (exact) mass is 508 g/mol. The smallest absolute Gasteiger partial charge is 0.425 e. The molecule has 11 nitrogen and oxygen atoms in total. The maximum Gasteiger partial charge on any atom is 0.425 e. The van der Waals surface area contributed by atoms with Gasteiger partial charge in [0.1, 0.15) is 11.4 Å². The zero-order valence-electron chi connectivity index (χ0n) is 18.8. The Bertz CT molecular complexity index is 1440. The number of benzene rings is 1. The van der Waals surface area contributed by atoms with Gasteiger partial charge in [0.25, 0.3) is 22.9 Å². The van der Waals surface area contributed by atoms with Crippen molar-refractivity contribution in [1.29, 1.82) is 0 Å². The summed E-state index contributed by atoms with van der Waals surface area (Å²) in [5.74, 6) is -3.50. The second-order valence-electron chi connectivity index (χ2n) is 7.71. The van der Waals surface area contributed by atoms with Crippen LogP contribution in [0.15, 0.2) is 50.6 Å². The van der Waals surface area contributed by atoms with Crippen molar-refractivity contribution in [3.05, 3.63) is 74.3 Å². The molecule has 3 heterocycles. The van der Waals surface area contributed by atoms with Crippen LogP contribution in [0.25, 0.3) is 0 Å². The van der Waals surface area contributed by atoms with E-state index < -0.39 is 51.9 Å². The molecule has 36 heavy (non-hydrogen) atoms. The third-order valence-electron chi connectivity index (χ3n) is 5.69. The van der Waals surface area contributed by atoms with E-state index in [1.54, 1.807) is 23.5 Å². The molecule has 0 saturated carbocycles. The van der Waals surface area contributed by atoms with E-state index in [0.29, 0.717) is 17.1 Å². The SMILES string of the molecule is COc1ccc(CCn2c3c(c(=O)[nH]c2=O)C(NC(=O)c2ccco2)(C(F)(F)F)C(=O)N3)cc1OC. The number of anilines is 1. The number of nitrogens with zero attached hydrogens (tertiary/aromatic N) is 1. The Balaban J connectivity index is 1.78. The normalized spacial score (nSPS) is 16.9. The van der Waals surface area contributed by atoms with Crippen molar-refractivity contribution < 1.29 is 36.7 Å². The lowest BCUT2D eigenvalue weighted by molar-refractivity contribution is -0.196. The lowest BCUT2D eigenvalue weighted by Gasteiger charge is -2.29. The molecule has 1 unspecified atom stereocenters. The Labute approximate surface area is 199 Å². The van der Waals surface area contributed by atoms with E-state index in [0.717, 1.165) is 16.9 Å². The van der Waals surface area contributed by atoms with E-state index in [4.69, 9.17) is 13.9 Å². The summed E-state index contributed by atoms with van der Waals surface area (Å²) in [6.07, 6.45) is -4.30. The molecule has 14 heteroatoms. The molecule has 2 amide bonds. The minimum atomic E-state index is -5.46. The van der Waals surface area contributed by atoms with Gasteiger partial charge in [-0.25, -0.2) is 4.79 Å². The maximum absolute atomic E-state index is 14.4. The van der Waals surface area contributed by atoms with E-state index in [1.165, 1.54) is 20.3 Å². The molecule has 3 aromatic rings. The van der Waals surface area contributed by atoms with Crippen LogP contribution in [0.1, 0.15) is 21.7 Å². The summed E-state index contributed by atoms with van der Waals surface area (Å²) in [4.78, 5) is 52.2. The van der Waals surface area contributed by atoms with Crippen molar-refractivity contribution in [2.24, 2.45) is 0 Å². The molecule has 1 aliphatic rings. The van der Waals surface area contributed by atoms with Crippen LogP contribution in [-0.4, -0.2) is 41.8 Å². The zero-order valence-corrected chi connectivity index (χ0v) is 18.8. The zero-order chi connectivity index (χ0) is 26.3. The van der Waals surface area contributed by atoms with Gasteiger partial charge >= 0.3 is 11.9 Å². The predicted octanol–water partition coefficient (Wildman–Crippen LogP) is 1.53. The molecule has 0 bridgehead atoms. The van der Waals surface area contributed by atoms with Gasteiger partial charge in [0.05, 0.1) is 20.5 Å². The number of ether oxygens (including phenoxy) is 2. The molecule has 2 aromatic heterocycles. The summed E-state index contributed by atoms with van der Waals surface area (Å²) < 4.78 is 59.2. The number of amides is 2. The summed E-state index contributed by atoms with van der Waals surface area (Å²) in [6.45, 7) is -0.228. The molecule has 3 N–H and O–H groups in total. The summed E-state index contributed by atoms with van der Waals surface area (Å²) in [5, 5.41) is 3.56. The van der Waals surface area contributed by atoms with Crippen molar-refractivity contribution in [1.82, 2.24) is 14.9 Å². The van der Waals surface area contributed by atoms with Gasteiger partial charge in [0.15, 0.2) is 17.3 Å². The number of carbonyl (C=O) groups is 2. The molecule has 0 radical (unpaired) electrons. The number of furan rings is 1. The molecule has 1 aliphatic heterocycles. The van der Waals surface area contributed by atoms with Crippen LogP contribution in [-0.2, 0) is 23.3 Å². The van der Waals surface area contributed by atoms with Crippen LogP contribution >= 0.6 is 0 Å². The number of H-pyrrole nitrogens is 1. The van der Waals surface area contributed by atoms with E-state index in [1.807, 2.05) is 10.3 Å². The average molecular weight is 508 g/mol. The Kier molecular flexibility index (Phi) is 6.12. The lowest BCUT2D eigenvalue weighted by Crippen LogP contribution is -2.62. The quantitative estimate of drug-likeness (QED) is 0.439. The van der Waals surface area contributed by atoms with Gasteiger partial charge in [-0.3, -0.25) is 23.9 Å². The second-order valence-corrected chi connectivity index (χ2v) is 7.71. The van der Waals surface area contributed by atoms with Crippen molar-refractivity contribution in [3.63, 3.8) is 0 Å². The Morgan fingerprint density at radius 3 is 2.47 bits per heavy atom. The fourth-order valence-electron chi connectivity index (χ4n) is 3.95. The van der Waals surface area contributed by atoms with E-state index in [-0.39, 0.29) is 13.0 Å². The summed E-state index contributed by atoms with van der Waals surface area (Å²) in [5.41, 5.74) is -6.83. The van der Waals surface area contributed by atoms with Crippen LogP contribution in [0.5, 0.6) is 11.5 Å². The molecule has 190 valence electrons. The number of aryl methyl sites for hydroxylation is 1. The molecular formula is C22H19F3N4O7. The van der Waals surface area contributed by atoms with Gasteiger partial charge in [-0.05, 0) is 36.2 Å². The Morgan fingerprint density at radius 1 is 1.14 bits per heavy atom. The second kappa shape index (κ2) is 8.94. The third kappa shape index (κ3) is 3.89. The fourth-order valence-corrected chi connectivity index (χ4v) is 3.95. The minimum absolute atomic E-state index is 0.104. The average Bonchev–Trinajstić information content (AvgIpc) is 3.46. The summed E-state index contributed by atoms with van der Waals surface area (Å²) in [6, 6.07) is 7.21. The number of aromatic nitrogens is 2. The number of fused-ring (bicyclic) bond motifs is 1. The van der Waals surface area contributed by atoms with Crippen molar-refractivity contribution in [3.8, 4) is 11.5 Å². The highest BCUT2D eigenvalue weighted by Gasteiger charge is 2.68. The van der Waals surface area contributed by atoms with Crippen LogP contribution in [0.2, 0.25) is 0 Å². The Hall–Kier alpha value is -4.49. The number of hydrogen-bond acceptors (Lipinski definition) is 7. The first-order chi connectivity index (χ1) is 17.0. The molecule has 1 aromatic carbocycles. The maximum atomic E-state index is 14.4. The predicted molar refractivity (Wildman–Crippen MR) is 117 cm³/mol. The highest BCUT2D eigenvalue weighted by Crippen LogP contribution is 2.45. The molecule has 0 fully saturated rings. The molecular weight excluding hydrogens is 489 g/mol. The van der Waals surface area contributed by atoms with Crippen LogP contribution in [0.3, 0.4) is 0 Å². The van der Waals surface area contributed by atoms with Gasteiger partial charge in [0, 0.05) is 6.54 Å². The van der Waals surface area contributed by atoms with Gasteiger partial charge in [-0.2, -0.15) is 13.2 Å². The van der Waals surface area contributed by atoms with Crippen LogP contribution in [0, 0.1) is 0 Å². The summed E-state index contributed by atoms with van der Waals surface area (Å²) >= 11 is 0. The molecule has 1 atom stereocenters. The third-order valence-corrected chi connectivity index (χ3v) is 5.69. The number of methoxy groups -OCH3 is 2. The molecule has 0 spiro atoms. The van der Waals surface area contributed by atoms with E-state index >= 15 is 0 Å². The van der Waals surface area contributed by atoms with Crippen molar-refractivity contribution in [2.45, 2.75) is 24.7 Å². The van der Waals surface area contributed by atoms with Gasteiger partial charge in [0.2, 0.25) is 0 Å². The lowest BCUT2D eigenvalue weighted by atomic mass is 9.91. The standard InChI is InChI=1S/C22H19F3N4O7/c1-34-12-6-5-11(10-14(12)35-2)7-8-29-16-15(18(31)27-20(29)33)21(19(32)26-16,22(23,24)25)28-17(30)13-4-3-9-36-13/h3-6,9-10H,7-8H2,1-2H3,(H,26,32)(H,28,30)(H,27,31,33). The first-order valence-corrected chi connectivity index (χ1v) is 10.4. The first kappa shape index (κ1) is 24.6. The minimum Gasteiger partial charge on any atom is -0.493 e. The highest BCUT2D eigenvalue weighted by atomic mass is 19.4. The van der Waals surface area contributed by atoms with E-state index in [9.17, 15) is 32.3 Å². The molecule has 0 saturated heterocycles. The number of hydrogen-bond donors (Lipinski definition) is 3. The highest BCUT2D eigenvalue weighted by molar-refractivity contribution is 6.08. The first-order valence-electron chi connectivity index (χ1n) is 10.4. The number of aromatic amines is 1. The van der Waals surface area contributed by atoms with Crippen molar-refractivity contribution >= 4 is 17.6 Å². The van der Waals surface area contributed by atoms with E-state index in [2.05, 4.69) is 0 Å².